The SMILES string of the molecule is CCC.O=C(NCCC1CCCCC1)[C@@H]1Cc2ccc(O)cc2CN1. The molecule has 1 fully saturated rings. The van der Waals surface area contributed by atoms with Gasteiger partial charge in [0.15, 0.2) is 0 Å². The van der Waals surface area contributed by atoms with E-state index < -0.39 is 0 Å². The molecule has 1 saturated carbocycles. The number of carbonyl (C=O) groups excluding carboxylic acids is 1. The highest BCUT2D eigenvalue weighted by Gasteiger charge is 2.24. The van der Waals surface area contributed by atoms with Crippen molar-refractivity contribution in [3.8, 4) is 5.75 Å². The summed E-state index contributed by atoms with van der Waals surface area (Å²) in [7, 11) is 0. The van der Waals surface area contributed by atoms with Crippen molar-refractivity contribution in [1.29, 1.82) is 0 Å². The number of nitrogens with one attached hydrogen (secondary N) is 2. The average molecular weight is 347 g/mol. The van der Waals surface area contributed by atoms with Crippen molar-refractivity contribution < 1.29 is 9.90 Å². The fraction of sp³-hybridized carbons (Fsp3) is 0.667. The fourth-order valence-electron chi connectivity index (χ4n) is 3.69. The largest absolute Gasteiger partial charge is 0.508 e. The third-order valence-corrected chi connectivity index (χ3v) is 5.05. The number of aromatic hydroxyl groups is 1. The van der Waals surface area contributed by atoms with Gasteiger partial charge in [-0.2, -0.15) is 0 Å². The molecule has 25 heavy (non-hydrogen) atoms. The molecule has 1 aromatic carbocycles. The van der Waals surface area contributed by atoms with Gasteiger partial charge in [0.25, 0.3) is 0 Å². The Kier molecular flexibility index (Phi) is 8.26. The Hall–Kier alpha value is -1.55. The van der Waals surface area contributed by atoms with Crippen LogP contribution in [-0.4, -0.2) is 23.6 Å². The lowest BCUT2D eigenvalue weighted by atomic mass is 9.87. The van der Waals surface area contributed by atoms with Gasteiger partial charge in [-0.05, 0) is 42.0 Å². The first-order valence-corrected chi connectivity index (χ1v) is 9.95. The minimum absolute atomic E-state index is 0.106. The third-order valence-electron chi connectivity index (χ3n) is 5.05. The average Bonchev–Trinajstić information content (AvgIpc) is 2.62. The van der Waals surface area contributed by atoms with Gasteiger partial charge in [-0.15, -0.1) is 0 Å². The smallest absolute Gasteiger partial charge is 0.237 e. The van der Waals surface area contributed by atoms with Crippen LogP contribution >= 0.6 is 0 Å². The predicted molar refractivity (Wildman–Crippen MR) is 103 cm³/mol. The van der Waals surface area contributed by atoms with Crippen molar-refractivity contribution in [2.75, 3.05) is 6.54 Å². The molecular formula is C21H34N2O2. The number of hydrogen-bond donors (Lipinski definition) is 3. The summed E-state index contributed by atoms with van der Waals surface area (Å²) < 4.78 is 0. The molecule has 1 aliphatic carbocycles. The van der Waals surface area contributed by atoms with Crippen LogP contribution in [0.5, 0.6) is 5.75 Å². The Bertz CT molecular complexity index is 539. The lowest BCUT2D eigenvalue weighted by molar-refractivity contribution is -0.123. The molecule has 1 aliphatic heterocycles. The molecular weight excluding hydrogens is 312 g/mol. The summed E-state index contributed by atoms with van der Waals surface area (Å²) in [6.07, 6.45) is 9.80. The summed E-state index contributed by atoms with van der Waals surface area (Å²) in [6, 6.07) is 5.25. The highest BCUT2D eigenvalue weighted by molar-refractivity contribution is 5.82. The first-order chi connectivity index (χ1) is 12.1. The van der Waals surface area contributed by atoms with E-state index in [4.69, 9.17) is 0 Å². The van der Waals surface area contributed by atoms with Crippen LogP contribution in [0.15, 0.2) is 18.2 Å². The minimum Gasteiger partial charge on any atom is -0.508 e. The molecule has 0 spiro atoms. The maximum absolute atomic E-state index is 12.3. The molecule has 2 aliphatic rings. The molecule has 1 heterocycles. The zero-order valence-corrected chi connectivity index (χ0v) is 15.8. The maximum Gasteiger partial charge on any atom is 0.237 e. The zero-order valence-electron chi connectivity index (χ0n) is 15.8. The van der Waals surface area contributed by atoms with Crippen LogP contribution in [0.25, 0.3) is 0 Å². The van der Waals surface area contributed by atoms with E-state index in [2.05, 4.69) is 24.5 Å². The van der Waals surface area contributed by atoms with E-state index in [1.165, 1.54) is 38.5 Å². The highest BCUT2D eigenvalue weighted by atomic mass is 16.3. The fourth-order valence-corrected chi connectivity index (χ4v) is 3.69. The topological polar surface area (TPSA) is 61.4 Å². The molecule has 4 heteroatoms. The van der Waals surface area contributed by atoms with E-state index in [-0.39, 0.29) is 17.7 Å². The van der Waals surface area contributed by atoms with E-state index >= 15 is 0 Å². The van der Waals surface area contributed by atoms with Crippen molar-refractivity contribution in [1.82, 2.24) is 10.6 Å². The van der Waals surface area contributed by atoms with Crippen molar-refractivity contribution in [2.45, 2.75) is 77.8 Å². The second-order valence-corrected chi connectivity index (χ2v) is 7.38. The molecule has 0 bridgehead atoms. The summed E-state index contributed by atoms with van der Waals surface area (Å²) in [5, 5.41) is 15.9. The molecule has 1 amide bonds. The van der Waals surface area contributed by atoms with Gasteiger partial charge < -0.3 is 15.7 Å². The van der Waals surface area contributed by atoms with Crippen LogP contribution in [0.3, 0.4) is 0 Å². The predicted octanol–water partition coefficient (Wildman–Crippen LogP) is 3.91. The molecule has 3 rings (SSSR count). The molecule has 1 atom stereocenters. The van der Waals surface area contributed by atoms with Crippen molar-refractivity contribution in [2.24, 2.45) is 5.92 Å². The highest BCUT2D eigenvalue weighted by Crippen LogP contribution is 2.26. The number of hydrogen-bond acceptors (Lipinski definition) is 3. The second-order valence-electron chi connectivity index (χ2n) is 7.38. The van der Waals surface area contributed by atoms with Crippen LogP contribution in [0.1, 0.15) is 69.9 Å². The van der Waals surface area contributed by atoms with Gasteiger partial charge in [0.2, 0.25) is 5.91 Å². The van der Waals surface area contributed by atoms with Crippen LogP contribution in [0.2, 0.25) is 0 Å². The summed E-state index contributed by atoms with van der Waals surface area (Å²) in [6.45, 7) is 5.69. The van der Waals surface area contributed by atoms with Crippen LogP contribution in [0.4, 0.5) is 0 Å². The Morgan fingerprint density at radius 2 is 1.92 bits per heavy atom. The number of phenolic OH excluding ortho intramolecular Hbond substituents is 1. The standard InChI is InChI=1S/C18H26N2O2.C3H8/c21-16-7-6-14-11-17(20-12-15(14)10-16)18(22)19-9-8-13-4-2-1-3-5-13;1-3-2/h6-7,10,13,17,20-21H,1-5,8-9,11-12H2,(H,19,22);3H2,1-2H3/t17-;/m0./s1. The summed E-state index contributed by atoms with van der Waals surface area (Å²) in [4.78, 5) is 12.3. The van der Waals surface area contributed by atoms with Crippen LogP contribution in [0, 0.1) is 5.92 Å². The Morgan fingerprint density at radius 1 is 1.20 bits per heavy atom. The minimum atomic E-state index is -0.150. The number of amides is 1. The number of carbonyl (C=O) groups is 1. The normalized spacial score (nSPS) is 20.2. The van der Waals surface area contributed by atoms with E-state index in [0.29, 0.717) is 13.0 Å². The summed E-state index contributed by atoms with van der Waals surface area (Å²) in [5.41, 5.74) is 2.25. The number of fused-ring (bicyclic) bond motifs is 1. The number of benzene rings is 1. The Morgan fingerprint density at radius 3 is 2.64 bits per heavy atom. The molecule has 0 saturated heterocycles. The molecule has 0 aromatic heterocycles. The summed E-state index contributed by atoms with van der Waals surface area (Å²) >= 11 is 0. The molecule has 140 valence electrons. The third kappa shape index (κ3) is 6.35. The number of rotatable bonds is 4. The van der Waals surface area contributed by atoms with Gasteiger partial charge in [-0.1, -0.05) is 58.4 Å². The van der Waals surface area contributed by atoms with Gasteiger partial charge in [-0.3, -0.25) is 4.79 Å². The van der Waals surface area contributed by atoms with Gasteiger partial charge in [0.1, 0.15) is 5.75 Å². The second kappa shape index (κ2) is 10.4. The lowest BCUT2D eigenvalue weighted by Crippen LogP contribution is -2.48. The molecule has 4 nitrogen and oxygen atoms in total. The quantitative estimate of drug-likeness (QED) is 0.774. The van der Waals surface area contributed by atoms with Crippen molar-refractivity contribution in [3.63, 3.8) is 0 Å². The number of phenols is 1. The first-order valence-electron chi connectivity index (χ1n) is 9.95. The van der Waals surface area contributed by atoms with Gasteiger partial charge >= 0.3 is 0 Å². The van der Waals surface area contributed by atoms with E-state index in [1.54, 1.807) is 12.1 Å². The van der Waals surface area contributed by atoms with Crippen molar-refractivity contribution in [3.05, 3.63) is 29.3 Å². The lowest BCUT2D eigenvalue weighted by Gasteiger charge is -2.26. The molecule has 3 N–H and O–H groups in total. The monoisotopic (exact) mass is 346 g/mol. The Balaban J connectivity index is 0.000000701. The molecule has 0 radical (unpaired) electrons. The maximum atomic E-state index is 12.3. The van der Waals surface area contributed by atoms with Gasteiger partial charge in [-0.25, -0.2) is 0 Å². The van der Waals surface area contributed by atoms with Gasteiger partial charge in [0.05, 0.1) is 6.04 Å². The molecule has 0 unspecified atom stereocenters. The first kappa shape index (κ1) is 19.8. The zero-order chi connectivity index (χ0) is 18.1. The van der Waals surface area contributed by atoms with Gasteiger partial charge in [0, 0.05) is 13.1 Å². The summed E-state index contributed by atoms with van der Waals surface area (Å²) in [5.74, 6) is 1.20. The van der Waals surface area contributed by atoms with E-state index in [9.17, 15) is 9.90 Å². The van der Waals surface area contributed by atoms with E-state index in [1.807, 2.05) is 6.07 Å². The van der Waals surface area contributed by atoms with Crippen molar-refractivity contribution >= 4 is 5.91 Å². The van der Waals surface area contributed by atoms with Crippen LogP contribution in [-0.2, 0) is 17.8 Å². The van der Waals surface area contributed by atoms with Crippen LogP contribution < -0.4 is 10.6 Å². The van der Waals surface area contributed by atoms with E-state index in [0.717, 1.165) is 30.0 Å². The Labute approximate surface area is 152 Å². The molecule has 1 aromatic rings.